The largest absolute Gasteiger partial charge is 0.466 e. The molecule has 1 aliphatic carbocycles. The molecule has 82 valence electrons. The van der Waals surface area contributed by atoms with Crippen molar-refractivity contribution in [3.63, 3.8) is 0 Å². The number of aryl methyl sites for hydroxylation is 1. The second kappa shape index (κ2) is 3.82. The summed E-state index contributed by atoms with van der Waals surface area (Å²) in [6, 6.07) is 14.9. The molecule has 1 atom stereocenters. The number of furan rings is 1. The molecule has 1 aliphatic rings. The van der Waals surface area contributed by atoms with Crippen molar-refractivity contribution in [2.45, 2.75) is 25.7 Å². The van der Waals surface area contributed by atoms with Crippen LogP contribution in [0.5, 0.6) is 0 Å². The summed E-state index contributed by atoms with van der Waals surface area (Å²) in [4.78, 5) is 0. The van der Waals surface area contributed by atoms with Crippen molar-refractivity contribution in [2.24, 2.45) is 5.92 Å². The second-order valence-corrected chi connectivity index (χ2v) is 4.67. The molecule has 2 aromatic rings. The summed E-state index contributed by atoms with van der Waals surface area (Å²) in [7, 11) is 0. The first kappa shape index (κ1) is 9.71. The van der Waals surface area contributed by atoms with Gasteiger partial charge in [0, 0.05) is 5.92 Å². The predicted octanol–water partition coefficient (Wildman–Crippen LogP) is 4.13. The molecular weight excluding hydrogens is 196 g/mol. The molecular formula is C15H16O. The molecule has 0 amide bonds. The predicted molar refractivity (Wildman–Crippen MR) is 64.5 cm³/mol. The fourth-order valence-corrected chi connectivity index (χ4v) is 2.38. The van der Waals surface area contributed by atoms with Gasteiger partial charge in [-0.15, -0.1) is 0 Å². The SMILES string of the molecule is Cc1ccc(C(c2ccccc2)C2CC2)o1. The first-order chi connectivity index (χ1) is 7.84. The van der Waals surface area contributed by atoms with Crippen LogP contribution in [-0.2, 0) is 0 Å². The van der Waals surface area contributed by atoms with Crippen LogP contribution in [0.3, 0.4) is 0 Å². The minimum Gasteiger partial charge on any atom is -0.466 e. The number of rotatable bonds is 3. The zero-order valence-electron chi connectivity index (χ0n) is 9.52. The second-order valence-electron chi connectivity index (χ2n) is 4.67. The van der Waals surface area contributed by atoms with E-state index >= 15 is 0 Å². The van der Waals surface area contributed by atoms with Gasteiger partial charge in [0.15, 0.2) is 0 Å². The van der Waals surface area contributed by atoms with Gasteiger partial charge in [-0.1, -0.05) is 30.3 Å². The van der Waals surface area contributed by atoms with Crippen molar-refractivity contribution in [2.75, 3.05) is 0 Å². The van der Waals surface area contributed by atoms with E-state index in [1.807, 2.05) is 6.92 Å². The summed E-state index contributed by atoms with van der Waals surface area (Å²) in [5.74, 6) is 3.39. The number of hydrogen-bond acceptors (Lipinski definition) is 1. The van der Waals surface area contributed by atoms with Gasteiger partial charge in [0.2, 0.25) is 0 Å². The van der Waals surface area contributed by atoms with Crippen molar-refractivity contribution < 1.29 is 4.42 Å². The van der Waals surface area contributed by atoms with E-state index in [0.717, 1.165) is 17.4 Å². The lowest BCUT2D eigenvalue weighted by Gasteiger charge is -2.13. The van der Waals surface area contributed by atoms with Crippen LogP contribution < -0.4 is 0 Å². The highest BCUT2D eigenvalue weighted by molar-refractivity contribution is 5.30. The van der Waals surface area contributed by atoms with E-state index in [4.69, 9.17) is 4.42 Å². The van der Waals surface area contributed by atoms with Crippen LogP contribution >= 0.6 is 0 Å². The van der Waals surface area contributed by atoms with Crippen molar-refractivity contribution >= 4 is 0 Å². The van der Waals surface area contributed by atoms with Gasteiger partial charge >= 0.3 is 0 Å². The van der Waals surface area contributed by atoms with Gasteiger partial charge in [0.05, 0.1) is 0 Å². The fourth-order valence-electron chi connectivity index (χ4n) is 2.38. The smallest absolute Gasteiger partial charge is 0.111 e. The molecule has 0 N–H and O–H groups in total. The lowest BCUT2D eigenvalue weighted by Crippen LogP contribution is -2.01. The quantitative estimate of drug-likeness (QED) is 0.745. The van der Waals surface area contributed by atoms with E-state index in [1.54, 1.807) is 0 Å². The molecule has 1 fully saturated rings. The van der Waals surface area contributed by atoms with Gasteiger partial charge in [0.25, 0.3) is 0 Å². The Bertz CT molecular complexity index is 465. The van der Waals surface area contributed by atoms with Crippen molar-refractivity contribution in [3.8, 4) is 0 Å². The lowest BCUT2D eigenvalue weighted by molar-refractivity contribution is 0.447. The van der Waals surface area contributed by atoms with E-state index in [-0.39, 0.29) is 0 Å². The van der Waals surface area contributed by atoms with Crippen LogP contribution in [0.2, 0.25) is 0 Å². The molecule has 1 aromatic carbocycles. The Morgan fingerprint density at radius 3 is 2.38 bits per heavy atom. The third-order valence-electron chi connectivity index (χ3n) is 3.32. The van der Waals surface area contributed by atoms with Crippen LogP contribution in [0.1, 0.15) is 35.8 Å². The molecule has 1 heteroatoms. The zero-order chi connectivity index (χ0) is 11.0. The molecule has 1 unspecified atom stereocenters. The Morgan fingerprint density at radius 2 is 1.81 bits per heavy atom. The minimum atomic E-state index is 0.467. The molecule has 0 spiro atoms. The van der Waals surface area contributed by atoms with Crippen molar-refractivity contribution in [1.82, 2.24) is 0 Å². The number of benzene rings is 1. The Morgan fingerprint density at radius 1 is 1.06 bits per heavy atom. The molecule has 16 heavy (non-hydrogen) atoms. The zero-order valence-corrected chi connectivity index (χ0v) is 9.52. The summed E-state index contributed by atoms with van der Waals surface area (Å²) >= 11 is 0. The van der Waals surface area contributed by atoms with Crippen LogP contribution in [-0.4, -0.2) is 0 Å². The monoisotopic (exact) mass is 212 g/mol. The summed E-state index contributed by atoms with van der Waals surface area (Å²) < 4.78 is 5.80. The third kappa shape index (κ3) is 1.78. The molecule has 0 radical (unpaired) electrons. The molecule has 1 saturated carbocycles. The maximum Gasteiger partial charge on any atom is 0.111 e. The molecule has 1 nitrogen and oxygen atoms in total. The summed E-state index contributed by atoms with van der Waals surface area (Å²) in [6.07, 6.45) is 2.67. The summed E-state index contributed by atoms with van der Waals surface area (Å²) in [5, 5.41) is 0. The van der Waals surface area contributed by atoms with Gasteiger partial charge in [-0.05, 0) is 43.4 Å². The molecule has 0 bridgehead atoms. The maximum atomic E-state index is 5.80. The maximum absolute atomic E-state index is 5.80. The first-order valence-corrected chi connectivity index (χ1v) is 5.96. The Hall–Kier alpha value is -1.50. The Labute approximate surface area is 96.1 Å². The summed E-state index contributed by atoms with van der Waals surface area (Å²) in [5.41, 5.74) is 1.39. The third-order valence-corrected chi connectivity index (χ3v) is 3.32. The molecule has 3 rings (SSSR count). The van der Waals surface area contributed by atoms with Crippen molar-refractivity contribution in [3.05, 3.63) is 59.5 Å². The minimum absolute atomic E-state index is 0.467. The Kier molecular flexibility index (Phi) is 2.32. The number of hydrogen-bond donors (Lipinski definition) is 0. The molecule has 1 aromatic heterocycles. The van der Waals surface area contributed by atoms with E-state index in [9.17, 15) is 0 Å². The summed E-state index contributed by atoms with van der Waals surface area (Å²) in [6.45, 7) is 2.01. The Balaban J connectivity index is 1.98. The van der Waals surface area contributed by atoms with Gasteiger partial charge in [0.1, 0.15) is 11.5 Å². The highest BCUT2D eigenvalue weighted by Gasteiger charge is 2.35. The lowest BCUT2D eigenvalue weighted by atomic mass is 9.92. The first-order valence-electron chi connectivity index (χ1n) is 5.96. The fraction of sp³-hybridized carbons (Fsp3) is 0.333. The van der Waals surface area contributed by atoms with E-state index in [2.05, 4.69) is 42.5 Å². The van der Waals surface area contributed by atoms with Crippen LogP contribution in [0, 0.1) is 12.8 Å². The highest BCUT2D eigenvalue weighted by atomic mass is 16.3. The van der Waals surface area contributed by atoms with Gasteiger partial charge in [-0.25, -0.2) is 0 Å². The molecule has 0 saturated heterocycles. The van der Waals surface area contributed by atoms with E-state index in [1.165, 1.54) is 18.4 Å². The van der Waals surface area contributed by atoms with Gasteiger partial charge in [-0.2, -0.15) is 0 Å². The van der Waals surface area contributed by atoms with Gasteiger partial charge in [-0.3, -0.25) is 0 Å². The van der Waals surface area contributed by atoms with E-state index < -0.39 is 0 Å². The standard InChI is InChI=1S/C15H16O/c1-11-7-10-14(16-11)15(13-8-9-13)12-5-3-2-4-6-12/h2-7,10,13,15H,8-9H2,1H3. The average molecular weight is 212 g/mol. The highest BCUT2D eigenvalue weighted by Crippen LogP contribution is 2.46. The molecule has 1 heterocycles. The average Bonchev–Trinajstić information content (AvgIpc) is 3.04. The van der Waals surface area contributed by atoms with E-state index in [0.29, 0.717) is 5.92 Å². The topological polar surface area (TPSA) is 13.1 Å². The molecule has 0 aliphatic heterocycles. The van der Waals surface area contributed by atoms with Crippen LogP contribution in [0.25, 0.3) is 0 Å². The van der Waals surface area contributed by atoms with Crippen LogP contribution in [0.4, 0.5) is 0 Å². The van der Waals surface area contributed by atoms with Crippen LogP contribution in [0.15, 0.2) is 46.9 Å². The van der Waals surface area contributed by atoms with Gasteiger partial charge < -0.3 is 4.42 Å². The normalized spacial score (nSPS) is 17.3. The van der Waals surface area contributed by atoms with Crippen molar-refractivity contribution in [1.29, 1.82) is 0 Å².